The second-order valence-electron chi connectivity index (χ2n) is 6.68. The van der Waals surface area contributed by atoms with Gasteiger partial charge in [0.05, 0.1) is 0 Å². The van der Waals surface area contributed by atoms with Gasteiger partial charge in [-0.05, 0) is 29.9 Å². The maximum absolute atomic E-state index is 3.78. The first-order chi connectivity index (χ1) is 9.78. The number of fused-ring (bicyclic) bond motifs is 1. The van der Waals surface area contributed by atoms with Crippen molar-refractivity contribution in [1.29, 1.82) is 0 Å². The van der Waals surface area contributed by atoms with E-state index >= 15 is 0 Å². The molecule has 2 aliphatic rings. The van der Waals surface area contributed by atoms with Crippen molar-refractivity contribution in [2.24, 2.45) is 11.8 Å². The van der Waals surface area contributed by atoms with Gasteiger partial charge in [-0.1, -0.05) is 51.3 Å². The monoisotopic (exact) mass is 272 g/mol. The van der Waals surface area contributed by atoms with Gasteiger partial charge in [-0.15, -0.1) is 0 Å². The van der Waals surface area contributed by atoms with Gasteiger partial charge in [0.15, 0.2) is 0 Å². The fourth-order valence-corrected chi connectivity index (χ4v) is 3.23. The molecule has 20 heavy (non-hydrogen) atoms. The minimum Gasteiger partial charge on any atom is -0.370 e. The Bertz CT molecular complexity index is 439. The Morgan fingerprint density at radius 1 is 1.30 bits per heavy atom. The molecule has 1 heterocycles. The number of nitrogens with one attached hydrogen (secondary N) is 1. The minimum absolute atomic E-state index is 0.617. The Kier molecular flexibility index (Phi) is 4.30. The summed E-state index contributed by atoms with van der Waals surface area (Å²) in [6.07, 6.45) is 5.55. The molecular weight excluding hydrogens is 244 g/mol. The topological polar surface area (TPSA) is 15.3 Å². The van der Waals surface area contributed by atoms with E-state index in [0.717, 1.165) is 18.4 Å². The van der Waals surface area contributed by atoms with Crippen LogP contribution in [0.3, 0.4) is 0 Å². The van der Waals surface area contributed by atoms with Gasteiger partial charge in [0.2, 0.25) is 0 Å². The van der Waals surface area contributed by atoms with E-state index in [9.17, 15) is 0 Å². The fraction of sp³-hybridized carbons (Fsp3) is 0.667. The quantitative estimate of drug-likeness (QED) is 0.877. The van der Waals surface area contributed by atoms with Crippen LogP contribution in [-0.4, -0.2) is 19.1 Å². The first kappa shape index (κ1) is 13.9. The Morgan fingerprint density at radius 2 is 2.10 bits per heavy atom. The third-order valence-corrected chi connectivity index (χ3v) is 5.14. The molecule has 0 saturated heterocycles. The summed E-state index contributed by atoms with van der Waals surface area (Å²) in [5.41, 5.74) is 2.93. The molecule has 0 radical (unpaired) electrons. The Balaban J connectivity index is 1.77. The van der Waals surface area contributed by atoms with Crippen molar-refractivity contribution >= 4 is 5.69 Å². The molecular formula is C18H28N2. The molecule has 1 N–H and O–H groups in total. The molecule has 1 saturated carbocycles. The third-order valence-electron chi connectivity index (χ3n) is 5.14. The van der Waals surface area contributed by atoms with E-state index in [-0.39, 0.29) is 0 Å². The zero-order valence-corrected chi connectivity index (χ0v) is 12.9. The Labute approximate surface area is 123 Å². The summed E-state index contributed by atoms with van der Waals surface area (Å²) in [6.45, 7) is 8.10. The lowest BCUT2D eigenvalue weighted by Gasteiger charge is -2.30. The largest absolute Gasteiger partial charge is 0.370 e. The van der Waals surface area contributed by atoms with Gasteiger partial charge in [-0.3, -0.25) is 0 Å². The summed E-state index contributed by atoms with van der Waals surface area (Å²) in [6, 6.07) is 9.57. The zero-order chi connectivity index (χ0) is 13.9. The molecule has 1 aromatic carbocycles. The highest BCUT2D eigenvalue weighted by molar-refractivity contribution is 5.54. The molecule has 1 fully saturated rings. The van der Waals surface area contributed by atoms with Gasteiger partial charge in [0, 0.05) is 31.4 Å². The predicted molar refractivity (Wildman–Crippen MR) is 86.1 cm³/mol. The lowest BCUT2D eigenvalue weighted by molar-refractivity contribution is 0.370. The number of nitrogens with zero attached hydrogens (tertiary/aromatic N) is 1. The standard InChI is InChI=1S/C18H28N2/c1-3-14(2)17-13-20(11-10-15-8-9-15)18-7-5-4-6-16(18)12-19-17/h4-7,14-15,17,19H,3,8-13H2,1-2H3. The summed E-state index contributed by atoms with van der Waals surface area (Å²) in [4.78, 5) is 2.64. The average Bonchev–Trinajstić information content (AvgIpc) is 3.31. The van der Waals surface area contributed by atoms with E-state index in [1.807, 2.05) is 0 Å². The lowest BCUT2D eigenvalue weighted by Crippen LogP contribution is -2.42. The van der Waals surface area contributed by atoms with Crippen LogP contribution in [0.25, 0.3) is 0 Å². The number of rotatable bonds is 5. The van der Waals surface area contributed by atoms with Crippen molar-refractivity contribution in [3.8, 4) is 0 Å². The van der Waals surface area contributed by atoms with Crippen LogP contribution in [0.1, 0.15) is 45.1 Å². The van der Waals surface area contributed by atoms with Crippen molar-refractivity contribution in [3.63, 3.8) is 0 Å². The van der Waals surface area contributed by atoms with Gasteiger partial charge in [-0.2, -0.15) is 0 Å². The molecule has 2 heteroatoms. The molecule has 0 spiro atoms. The van der Waals surface area contributed by atoms with E-state index in [0.29, 0.717) is 6.04 Å². The third kappa shape index (κ3) is 3.17. The molecule has 0 aromatic heterocycles. The SMILES string of the molecule is CCC(C)C1CN(CCC2CC2)c2ccccc2CN1. The fourth-order valence-electron chi connectivity index (χ4n) is 3.23. The van der Waals surface area contributed by atoms with Gasteiger partial charge in [0.25, 0.3) is 0 Å². The normalized spacial score (nSPS) is 24.1. The van der Waals surface area contributed by atoms with Gasteiger partial charge >= 0.3 is 0 Å². The van der Waals surface area contributed by atoms with Crippen molar-refractivity contribution in [1.82, 2.24) is 5.32 Å². The van der Waals surface area contributed by atoms with Crippen molar-refractivity contribution in [2.75, 3.05) is 18.0 Å². The highest BCUT2D eigenvalue weighted by Gasteiger charge is 2.27. The van der Waals surface area contributed by atoms with E-state index in [4.69, 9.17) is 0 Å². The van der Waals surface area contributed by atoms with Gasteiger partial charge < -0.3 is 10.2 Å². The number of para-hydroxylation sites is 1. The van der Waals surface area contributed by atoms with E-state index in [1.165, 1.54) is 50.0 Å². The van der Waals surface area contributed by atoms with E-state index < -0.39 is 0 Å². The molecule has 1 aliphatic carbocycles. The summed E-state index contributed by atoms with van der Waals surface area (Å²) in [5, 5.41) is 3.78. The molecule has 2 nitrogen and oxygen atoms in total. The first-order valence-electron chi connectivity index (χ1n) is 8.34. The Hall–Kier alpha value is -1.02. The summed E-state index contributed by atoms with van der Waals surface area (Å²) < 4.78 is 0. The van der Waals surface area contributed by atoms with Crippen LogP contribution in [0.4, 0.5) is 5.69 Å². The molecule has 2 atom stereocenters. The lowest BCUT2D eigenvalue weighted by atomic mass is 9.99. The molecule has 0 amide bonds. The van der Waals surface area contributed by atoms with Crippen LogP contribution >= 0.6 is 0 Å². The molecule has 3 rings (SSSR count). The number of anilines is 1. The van der Waals surface area contributed by atoms with Crippen molar-refractivity contribution in [3.05, 3.63) is 29.8 Å². The van der Waals surface area contributed by atoms with Crippen LogP contribution in [0, 0.1) is 11.8 Å². The summed E-state index contributed by atoms with van der Waals surface area (Å²) >= 11 is 0. The number of benzene rings is 1. The molecule has 2 unspecified atom stereocenters. The predicted octanol–water partition coefficient (Wildman–Crippen LogP) is 3.81. The highest BCUT2D eigenvalue weighted by Crippen LogP contribution is 2.34. The molecule has 1 aromatic rings. The van der Waals surface area contributed by atoms with Crippen molar-refractivity contribution in [2.45, 2.75) is 52.1 Å². The summed E-state index contributed by atoms with van der Waals surface area (Å²) in [7, 11) is 0. The molecule has 110 valence electrons. The van der Waals surface area contributed by atoms with E-state index in [1.54, 1.807) is 0 Å². The maximum atomic E-state index is 3.78. The van der Waals surface area contributed by atoms with Crippen LogP contribution in [0.15, 0.2) is 24.3 Å². The zero-order valence-electron chi connectivity index (χ0n) is 12.9. The molecule has 1 aliphatic heterocycles. The smallest absolute Gasteiger partial charge is 0.0412 e. The second kappa shape index (κ2) is 6.17. The Morgan fingerprint density at radius 3 is 2.85 bits per heavy atom. The van der Waals surface area contributed by atoms with E-state index in [2.05, 4.69) is 48.3 Å². The van der Waals surface area contributed by atoms with Crippen LogP contribution < -0.4 is 10.2 Å². The van der Waals surface area contributed by atoms with Crippen molar-refractivity contribution < 1.29 is 0 Å². The first-order valence-corrected chi connectivity index (χ1v) is 8.34. The van der Waals surface area contributed by atoms with Crippen LogP contribution in [-0.2, 0) is 6.54 Å². The van der Waals surface area contributed by atoms with Crippen LogP contribution in [0.2, 0.25) is 0 Å². The summed E-state index contributed by atoms with van der Waals surface area (Å²) in [5.74, 6) is 1.76. The minimum atomic E-state index is 0.617. The van der Waals surface area contributed by atoms with Crippen LogP contribution in [0.5, 0.6) is 0 Å². The maximum Gasteiger partial charge on any atom is 0.0412 e. The second-order valence-corrected chi connectivity index (χ2v) is 6.68. The average molecular weight is 272 g/mol. The number of hydrogen-bond acceptors (Lipinski definition) is 2. The number of hydrogen-bond donors (Lipinski definition) is 1. The van der Waals surface area contributed by atoms with Gasteiger partial charge in [-0.25, -0.2) is 0 Å². The van der Waals surface area contributed by atoms with Gasteiger partial charge in [0.1, 0.15) is 0 Å². The highest BCUT2D eigenvalue weighted by atomic mass is 15.2. The molecule has 0 bridgehead atoms.